The van der Waals surface area contributed by atoms with E-state index in [1.165, 1.54) is 6.08 Å². The highest BCUT2D eigenvalue weighted by atomic mass is 16.6. The second-order valence-corrected chi connectivity index (χ2v) is 3.20. The zero-order chi connectivity index (χ0) is 10.0. The van der Waals surface area contributed by atoms with E-state index in [0.29, 0.717) is 0 Å². The molecule has 13 heavy (non-hydrogen) atoms. The van der Waals surface area contributed by atoms with Crippen LogP contribution in [0, 0.1) is 16.0 Å². The Labute approximate surface area is 75.9 Å². The Kier molecular flexibility index (Phi) is 2.55. The summed E-state index contributed by atoms with van der Waals surface area (Å²) in [6, 6.07) is 0. The van der Waals surface area contributed by atoms with Gasteiger partial charge in [-0.05, 0) is 5.92 Å². The van der Waals surface area contributed by atoms with E-state index in [-0.39, 0.29) is 23.9 Å². The lowest BCUT2D eigenvalue weighted by Crippen LogP contribution is -2.27. The third-order valence-electron chi connectivity index (χ3n) is 1.89. The molecular weight excluding hydrogens is 172 g/mol. The van der Waals surface area contributed by atoms with Gasteiger partial charge in [0.2, 0.25) is 0 Å². The number of hydrogen-bond donors (Lipinski definition) is 2. The predicted octanol–water partition coefficient (Wildman–Crippen LogP) is 1.18. The maximum atomic E-state index is 10.4. The van der Waals surface area contributed by atoms with Crippen molar-refractivity contribution in [1.82, 2.24) is 5.32 Å². The van der Waals surface area contributed by atoms with E-state index < -0.39 is 4.92 Å². The summed E-state index contributed by atoms with van der Waals surface area (Å²) in [5.74, 6) is -0.0112. The number of aliphatic hydroxyl groups is 1. The van der Waals surface area contributed by atoms with Crippen molar-refractivity contribution >= 4 is 0 Å². The van der Waals surface area contributed by atoms with Gasteiger partial charge in [-0.15, -0.1) is 0 Å². The minimum Gasteiger partial charge on any atom is -0.502 e. The number of dihydropyridines is 1. The van der Waals surface area contributed by atoms with Crippen LogP contribution < -0.4 is 5.32 Å². The topological polar surface area (TPSA) is 75.4 Å². The van der Waals surface area contributed by atoms with Crippen molar-refractivity contribution in [3.63, 3.8) is 0 Å². The van der Waals surface area contributed by atoms with Gasteiger partial charge in [0, 0.05) is 11.8 Å². The van der Waals surface area contributed by atoms with E-state index in [9.17, 15) is 15.2 Å². The molecule has 0 atom stereocenters. The molecule has 72 valence electrons. The van der Waals surface area contributed by atoms with Crippen LogP contribution in [-0.4, -0.2) is 16.6 Å². The van der Waals surface area contributed by atoms with E-state index in [1.54, 1.807) is 0 Å². The van der Waals surface area contributed by atoms with Crippen LogP contribution in [0.3, 0.4) is 0 Å². The molecular formula is C8H12N2O3. The molecule has 0 amide bonds. The van der Waals surface area contributed by atoms with Crippen molar-refractivity contribution in [2.45, 2.75) is 13.8 Å². The lowest BCUT2D eigenvalue weighted by Gasteiger charge is -2.17. The molecule has 0 saturated carbocycles. The maximum absolute atomic E-state index is 10.4. The summed E-state index contributed by atoms with van der Waals surface area (Å²) in [4.78, 5) is 9.79. The molecule has 2 N–H and O–H groups in total. The Bertz CT molecular complexity index is 292. The van der Waals surface area contributed by atoms with Crippen LogP contribution in [0.25, 0.3) is 0 Å². The molecule has 0 aromatic carbocycles. The number of nitro groups is 1. The van der Waals surface area contributed by atoms with Gasteiger partial charge in [0.05, 0.1) is 4.92 Å². The highest BCUT2D eigenvalue weighted by Gasteiger charge is 2.22. The fourth-order valence-corrected chi connectivity index (χ4v) is 1.09. The summed E-state index contributed by atoms with van der Waals surface area (Å²) in [5.41, 5.74) is 0.646. The SMILES string of the molecule is CC(C)C1=CC(O)=C([N+](=O)[O-])CN1. The molecule has 0 saturated heterocycles. The first-order valence-corrected chi connectivity index (χ1v) is 4.04. The summed E-state index contributed by atoms with van der Waals surface area (Å²) < 4.78 is 0. The number of nitrogens with zero attached hydrogens (tertiary/aromatic N) is 1. The first-order chi connectivity index (χ1) is 6.02. The van der Waals surface area contributed by atoms with Crippen LogP contribution in [0.1, 0.15) is 13.8 Å². The van der Waals surface area contributed by atoms with E-state index >= 15 is 0 Å². The van der Waals surface area contributed by atoms with E-state index in [0.717, 1.165) is 5.70 Å². The molecule has 0 aromatic rings. The molecule has 1 aliphatic rings. The van der Waals surface area contributed by atoms with Gasteiger partial charge in [0.15, 0.2) is 5.76 Å². The second-order valence-electron chi connectivity index (χ2n) is 3.20. The average molecular weight is 184 g/mol. The van der Waals surface area contributed by atoms with Gasteiger partial charge in [-0.2, -0.15) is 0 Å². The zero-order valence-corrected chi connectivity index (χ0v) is 7.57. The molecule has 5 heteroatoms. The lowest BCUT2D eigenvalue weighted by molar-refractivity contribution is -0.428. The highest BCUT2D eigenvalue weighted by molar-refractivity contribution is 5.25. The largest absolute Gasteiger partial charge is 0.502 e. The molecule has 0 aliphatic carbocycles. The molecule has 0 bridgehead atoms. The third-order valence-corrected chi connectivity index (χ3v) is 1.89. The van der Waals surface area contributed by atoms with Gasteiger partial charge in [-0.1, -0.05) is 13.8 Å². The van der Waals surface area contributed by atoms with Gasteiger partial charge in [0.1, 0.15) is 6.54 Å². The average Bonchev–Trinajstić information content (AvgIpc) is 2.03. The normalized spacial score (nSPS) is 17.0. The molecule has 1 heterocycles. The Hall–Kier alpha value is -1.52. The Balaban J connectivity index is 2.93. The molecule has 0 unspecified atom stereocenters. The summed E-state index contributed by atoms with van der Waals surface area (Å²) >= 11 is 0. The quantitative estimate of drug-likeness (QED) is 0.499. The molecule has 0 fully saturated rings. The minimum atomic E-state index is -0.573. The van der Waals surface area contributed by atoms with Gasteiger partial charge < -0.3 is 10.4 Å². The molecule has 1 rings (SSSR count). The van der Waals surface area contributed by atoms with Gasteiger partial charge in [-0.25, -0.2) is 0 Å². The molecule has 0 spiro atoms. The van der Waals surface area contributed by atoms with Crippen LogP contribution in [0.2, 0.25) is 0 Å². The van der Waals surface area contributed by atoms with Crippen molar-refractivity contribution in [3.05, 3.63) is 33.3 Å². The second kappa shape index (κ2) is 3.47. The van der Waals surface area contributed by atoms with Crippen molar-refractivity contribution in [2.24, 2.45) is 5.92 Å². The fraction of sp³-hybridized carbons (Fsp3) is 0.500. The summed E-state index contributed by atoms with van der Waals surface area (Å²) in [6.45, 7) is 3.98. The van der Waals surface area contributed by atoms with E-state index in [2.05, 4.69) is 5.32 Å². The molecule has 0 radical (unpaired) electrons. The van der Waals surface area contributed by atoms with Crippen LogP contribution >= 0.6 is 0 Å². The number of rotatable bonds is 2. The van der Waals surface area contributed by atoms with Gasteiger partial charge in [0.25, 0.3) is 0 Å². The fourth-order valence-electron chi connectivity index (χ4n) is 1.09. The van der Waals surface area contributed by atoms with Crippen LogP contribution in [-0.2, 0) is 0 Å². The first-order valence-electron chi connectivity index (χ1n) is 4.04. The van der Waals surface area contributed by atoms with E-state index in [4.69, 9.17) is 0 Å². The Morgan fingerprint density at radius 2 is 2.31 bits per heavy atom. The molecule has 0 aromatic heterocycles. The summed E-state index contributed by atoms with van der Waals surface area (Å²) in [5, 5.41) is 22.5. The van der Waals surface area contributed by atoms with Crippen molar-refractivity contribution < 1.29 is 10.0 Å². The number of hydrogen-bond acceptors (Lipinski definition) is 4. The number of nitrogens with one attached hydrogen (secondary N) is 1. The standard InChI is InChI=1S/C8H12N2O3/c1-5(2)6-3-8(11)7(4-9-6)10(12)13/h3,5,9,11H,4H2,1-2H3. The monoisotopic (exact) mass is 184 g/mol. The molecule has 5 nitrogen and oxygen atoms in total. The maximum Gasteiger partial charge on any atom is 0.306 e. The highest BCUT2D eigenvalue weighted by Crippen LogP contribution is 2.16. The minimum absolute atomic E-state index is 0.0862. The first kappa shape index (κ1) is 9.57. The van der Waals surface area contributed by atoms with Gasteiger partial charge >= 0.3 is 5.70 Å². The predicted molar refractivity (Wildman–Crippen MR) is 47.6 cm³/mol. The number of aliphatic hydroxyl groups excluding tert-OH is 1. The summed E-state index contributed by atoms with van der Waals surface area (Å²) in [6.07, 6.45) is 1.41. The number of allylic oxidation sites excluding steroid dienone is 2. The van der Waals surface area contributed by atoms with Gasteiger partial charge in [-0.3, -0.25) is 10.1 Å². The van der Waals surface area contributed by atoms with Crippen molar-refractivity contribution in [2.75, 3.05) is 6.54 Å². The third kappa shape index (κ3) is 1.99. The zero-order valence-electron chi connectivity index (χ0n) is 7.57. The smallest absolute Gasteiger partial charge is 0.306 e. The summed E-state index contributed by atoms with van der Waals surface area (Å²) in [7, 11) is 0. The Morgan fingerprint density at radius 1 is 1.69 bits per heavy atom. The molecule has 1 aliphatic heterocycles. The van der Waals surface area contributed by atoms with E-state index in [1.807, 2.05) is 13.8 Å². The Morgan fingerprint density at radius 3 is 2.69 bits per heavy atom. The van der Waals surface area contributed by atoms with Crippen LogP contribution in [0.5, 0.6) is 0 Å². The van der Waals surface area contributed by atoms with Crippen LogP contribution in [0.4, 0.5) is 0 Å². The lowest BCUT2D eigenvalue weighted by atomic mass is 10.1. The van der Waals surface area contributed by atoms with Crippen LogP contribution in [0.15, 0.2) is 23.2 Å². The van der Waals surface area contributed by atoms with Crippen molar-refractivity contribution in [3.8, 4) is 0 Å². The van der Waals surface area contributed by atoms with Crippen molar-refractivity contribution in [1.29, 1.82) is 0 Å².